The maximum Gasteiger partial charge on any atom is 0.272 e. The minimum absolute atomic E-state index is 0.00618. The maximum absolute atomic E-state index is 12.9. The third-order valence-electron chi connectivity index (χ3n) is 3.66. The zero-order valence-electron chi connectivity index (χ0n) is 13.1. The summed E-state index contributed by atoms with van der Waals surface area (Å²) in [5, 5.41) is 10.2. The summed E-state index contributed by atoms with van der Waals surface area (Å²) < 4.78 is 19.8. The summed E-state index contributed by atoms with van der Waals surface area (Å²) in [5.74, 6) is 0.103. The molecule has 3 rings (SSSR count). The van der Waals surface area contributed by atoms with Gasteiger partial charge in [-0.15, -0.1) is 0 Å². The number of aliphatic hydroxyl groups excluding tert-OH is 1. The van der Waals surface area contributed by atoms with Gasteiger partial charge in [-0.2, -0.15) is 0 Å². The Kier molecular flexibility index (Phi) is 4.57. The Hall–Kier alpha value is -2.73. The van der Waals surface area contributed by atoms with Crippen LogP contribution < -0.4 is 10.3 Å². The van der Waals surface area contributed by atoms with E-state index in [1.807, 2.05) is 18.2 Å². The molecule has 0 aliphatic rings. The lowest BCUT2D eigenvalue weighted by molar-refractivity contribution is 0.0926. The molecule has 1 aromatic heterocycles. The summed E-state index contributed by atoms with van der Waals surface area (Å²) in [6, 6.07) is 12.8. The Morgan fingerprint density at radius 2 is 1.92 bits per heavy atom. The fraction of sp³-hybridized carbons (Fsp3) is 0.222. The van der Waals surface area contributed by atoms with Crippen LogP contribution in [0.1, 0.15) is 5.69 Å². The van der Waals surface area contributed by atoms with Gasteiger partial charge in [0.1, 0.15) is 30.0 Å². The molecular formula is C18H17FN2O3. The number of hydrogen-bond donors (Lipinski definition) is 1. The zero-order chi connectivity index (χ0) is 17.1. The van der Waals surface area contributed by atoms with Crippen LogP contribution in [0.2, 0.25) is 0 Å². The molecule has 2 aromatic carbocycles. The fourth-order valence-corrected chi connectivity index (χ4v) is 2.49. The Morgan fingerprint density at radius 3 is 2.67 bits per heavy atom. The van der Waals surface area contributed by atoms with E-state index in [0.717, 1.165) is 0 Å². The molecular weight excluding hydrogens is 311 g/mol. The molecule has 0 fully saturated rings. The summed E-state index contributed by atoms with van der Waals surface area (Å²) in [6.07, 6.45) is -0.891. The number of aromatic nitrogens is 2. The summed E-state index contributed by atoms with van der Waals surface area (Å²) in [7, 11) is 0. The van der Waals surface area contributed by atoms with Crippen molar-refractivity contribution in [1.82, 2.24) is 9.55 Å². The van der Waals surface area contributed by atoms with Crippen LogP contribution >= 0.6 is 0 Å². The molecule has 24 heavy (non-hydrogen) atoms. The predicted octanol–water partition coefficient (Wildman–Crippen LogP) is 2.28. The third-order valence-corrected chi connectivity index (χ3v) is 3.66. The number of fused-ring (bicyclic) bond motifs is 1. The highest BCUT2D eigenvalue weighted by Crippen LogP contribution is 2.13. The summed E-state index contributed by atoms with van der Waals surface area (Å²) in [4.78, 5) is 16.6. The fourth-order valence-electron chi connectivity index (χ4n) is 2.49. The van der Waals surface area contributed by atoms with Gasteiger partial charge in [0, 0.05) is 0 Å². The van der Waals surface area contributed by atoms with Gasteiger partial charge in [0.25, 0.3) is 5.56 Å². The van der Waals surface area contributed by atoms with Gasteiger partial charge < -0.3 is 14.4 Å². The molecule has 6 heteroatoms. The van der Waals surface area contributed by atoms with Crippen molar-refractivity contribution < 1.29 is 14.2 Å². The van der Waals surface area contributed by atoms with Crippen molar-refractivity contribution >= 4 is 11.0 Å². The lowest BCUT2D eigenvalue weighted by Crippen LogP contribution is -2.32. The van der Waals surface area contributed by atoms with Crippen LogP contribution in [-0.4, -0.2) is 27.4 Å². The van der Waals surface area contributed by atoms with Crippen molar-refractivity contribution in [2.75, 3.05) is 6.61 Å². The first kappa shape index (κ1) is 16.1. The first-order chi connectivity index (χ1) is 11.5. The van der Waals surface area contributed by atoms with Crippen molar-refractivity contribution in [1.29, 1.82) is 0 Å². The van der Waals surface area contributed by atoms with Gasteiger partial charge in [0.05, 0.1) is 17.6 Å². The quantitative estimate of drug-likeness (QED) is 0.780. The van der Waals surface area contributed by atoms with E-state index in [4.69, 9.17) is 4.74 Å². The number of aliphatic hydroxyl groups is 1. The molecule has 1 heterocycles. The average molecular weight is 328 g/mol. The van der Waals surface area contributed by atoms with Crippen molar-refractivity contribution in [3.05, 3.63) is 70.4 Å². The minimum Gasteiger partial charge on any atom is -0.491 e. The van der Waals surface area contributed by atoms with Gasteiger partial charge in [-0.05, 0) is 43.3 Å². The second-order valence-electron chi connectivity index (χ2n) is 5.52. The smallest absolute Gasteiger partial charge is 0.272 e. The summed E-state index contributed by atoms with van der Waals surface area (Å²) >= 11 is 0. The summed E-state index contributed by atoms with van der Waals surface area (Å²) in [6.45, 7) is 1.73. The lowest BCUT2D eigenvalue weighted by atomic mass is 10.2. The van der Waals surface area contributed by atoms with Crippen LogP contribution in [0, 0.1) is 12.7 Å². The molecule has 5 nitrogen and oxygen atoms in total. The third kappa shape index (κ3) is 3.44. The number of para-hydroxylation sites is 2. The Bertz CT molecular complexity index is 906. The highest BCUT2D eigenvalue weighted by molar-refractivity contribution is 5.74. The predicted molar refractivity (Wildman–Crippen MR) is 88.6 cm³/mol. The number of ether oxygens (including phenoxy) is 1. The van der Waals surface area contributed by atoms with Crippen molar-refractivity contribution in [2.24, 2.45) is 0 Å². The molecule has 0 aliphatic heterocycles. The lowest BCUT2D eigenvalue weighted by Gasteiger charge is -2.16. The van der Waals surface area contributed by atoms with Crippen molar-refractivity contribution in [3.8, 4) is 5.75 Å². The van der Waals surface area contributed by atoms with E-state index >= 15 is 0 Å². The van der Waals surface area contributed by atoms with Crippen LogP contribution in [0.3, 0.4) is 0 Å². The van der Waals surface area contributed by atoms with Gasteiger partial charge in [0.15, 0.2) is 0 Å². The van der Waals surface area contributed by atoms with Crippen LogP contribution in [0.15, 0.2) is 53.3 Å². The Labute approximate surface area is 138 Å². The van der Waals surface area contributed by atoms with E-state index in [0.29, 0.717) is 22.5 Å². The molecule has 1 unspecified atom stereocenters. The van der Waals surface area contributed by atoms with Crippen LogP contribution in [-0.2, 0) is 6.54 Å². The topological polar surface area (TPSA) is 64.3 Å². The van der Waals surface area contributed by atoms with E-state index in [9.17, 15) is 14.3 Å². The zero-order valence-corrected chi connectivity index (χ0v) is 13.1. The molecule has 0 spiro atoms. The van der Waals surface area contributed by atoms with Gasteiger partial charge in [-0.3, -0.25) is 4.79 Å². The standard InChI is InChI=1S/C18H17FN2O3/c1-12-18(23)21(17-5-3-2-4-16(17)20-12)10-14(22)11-24-15-8-6-13(19)7-9-15/h2-9,14,22H,10-11H2,1H3. The molecule has 0 amide bonds. The van der Waals surface area contributed by atoms with Crippen molar-refractivity contribution in [2.45, 2.75) is 19.6 Å². The second-order valence-corrected chi connectivity index (χ2v) is 5.52. The van der Waals surface area contributed by atoms with Crippen LogP contribution in [0.4, 0.5) is 4.39 Å². The van der Waals surface area contributed by atoms with E-state index < -0.39 is 6.10 Å². The molecule has 0 aliphatic carbocycles. The molecule has 0 saturated heterocycles. The van der Waals surface area contributed by atoms with Gasteiger partial charge in [-0.1, -0.05) is 12.1 Å². The monoisotopic (exact) mass is 328 g/mol. The highest BCUT2D eigenvalue weighted by atomic mass is 19.1. The van der Waals surface area contributed by atoms with Gasteiger partial charge in [0.2, 0.25) is 0 Å². The first-order valence-corrected chi connectivity index (χ1v) is 7.57. The first-order valence-electron chi connectivity index (χ1n) is 7.57. The molecule has 0 bridgehead atoms. The Balaban J connectivity index is 1.78. The van der Waals surface area contributed by atoms with E-state index in [2.05, 4.69) is 4.98 Å². The number of benzene rings is 2. The molecule has 3 aromatic rings. The largest absolute Gasteiger partial charge is 0.491 e. The second kappa shape index (κ2) is 6.80. The normalized spacial score (nSPS) is 12.3. The van der Waals surface area contributed by atoms with E-state index in [1.165, 1.54) is 28.8 Å². The molecule has 1 atom stereocenters. The van der Waals surface area contributed by atoms with Gasteiger partial charge in [-0.25, -0.2) is 9.37 Å². The number of halogens is 1. The average Bonchev–Trinajstić information content (AvgIpc) is 2.58. The number of nitrogens with zero attached hydrogens (tertiary/aromatic N) is 2. The van der Waals surface area contributed by atoms with Crippen LogP contribution in [0.25, 0.3) is 11.0 Å². The maximum atomic E-state index is 12.9. The molecule has 0 radical (unpaired) electrons. The number of hydrogen-bond acceptors (Lipinski definition) is 4. The SMILES string of the molecule is Cc1nc2ccccc2n(CC(O)COc2ccc(F)cc2)c1=O. The van der Waals surface area contributed by atoms with Gasteiger partial charge >= 0.3 is 0 Å². The number of aryl methyl sites for hydroxylation is 1. The van der Waals surface area contributed by atoms with E-state index in [1.54, 1.807) is 13.0 Å². The minimum atomic E-state index is -0.891. The summed E-state index contributed by atoms with van der Waals surface area (Å²) in [5.41, 5.74) is 1.49. The molecule has 1 N–H and O–H groups in total. The van der Waals surface area contributed by atoms with Crippen molar-refractivity contribution in [3.63, 3.8) is 0 Å². The number of rotatable bonds is 5. The molecule has 0 saturated carbocycles. The Morgan fingerprint density at radius 1 is 1.21 bits per heavy atom. The van der Waals surface area contributed by atoms with Crippen LogP contribution in [0.5, 0.6) is 5.75 Å². The molecule has 124 valence electrons. The highest BCUT2D eigenvalue weighted by Gasteiger charge is 2.13. The van der Waals surface area contributed by atoms with E-state index in [-0.39, 0.29) is 24.5 Å².